The lowest BCUT2D eigenvalue weighted by Gasteiger charge is -2.47. The number of carbonyl (C=O) groups excluding carboxylic acids is 1. The third kappa shape index (κ3) is 4.12. The van der Waals surface area contributed by atoms with Crippen molar-refractivity contribution in [2.24, 2.45) is 12.5 Å². The molecule has 0 saturated carbocycles. The first-order valence-electron chi connectivity index (χ1n) is 9.92. The topological polar surface area (TPSA) is 50.6 Å². The van der Waals surface area contributed by atoms with E-state index in [-0.39, 0.29) is 0 Å². The van der Waals surface area contributed by atoms with Crippen LogP contribution in [-0.2, 0) is 23.1 Å². The molecule has 6 nitrogen and oxygen atoms in total. The second-order valence-electron chi connectivity index (χ2n) is 8.21. The third-order valence-corrected chi connectivity index (χ3v) is 6.48. The minimum Gasteiger partial charge on any atom is -0.385 e. The summed E-state index contributed by atoms with van der Waals surface area (Å²) in [5, 5.41) is 4.55. The number of carbonyl (C=O) groups is 1. The Kier molecular flexibility index (Phi) is 6.03. The maximum Gasteiger partial charge on any atom is 0.222 e. The van der Waals surface area contributed by atoms with Crippen molar-refractivity contribution in [2.75, 3.05) is 39.9 Å². The van der Waals surface area contributed by atoms with Crippen molar-refractivity contribution in [3.8, 4) is 0 Å². The zero-order valence-electron chi connectivity index (χ0n) is 16.9. The first-order valence-corrected chi connectivity index (χ1v) is 9.92. The largest absolute Gasteiger partial charge is 0.385 e. The van der Waals surface area contributed by atoms with E-state index in [1.54, 1.807) is 7.11 Å². The normalized spacial score (nSPS) is 20.9. The van der Waals surface area contributed by atoms with E-state index in [1.807, 2.05) is 11.7 Å². The molecule has 2 saturated heterocycles. The maximum atomic E-state index is 12.3. The standard InChI is InChI=1S/C20H34N4O2/c1-16-18(17(2)22(3)21-16)14-23-11-8-20(9-12-23)7-6-19(25)24(15-20)10-5-13-26-4/h5-15H2,1-4H3. The zero-order chi connectivity index (χ0) is 18.7. The van der Waals surface area contributed by atoms with E-state index in [9.17, 15) is 4.79 Å². The SMILES string of the molecule is COCCCN1CC2(CCC1=O)CCN(Cc1c(C)nn(C)c1C)CC2. The molecule has 0 unspecified atom stereocenters. The summed E-state index contributed by atoms with van der Waals surface area (Å²) < 4.78 is 7.13. The molecule has 6 heteroatoms. The Bertz CT molecular complexity index is 632. The molecular formula is C20H34N4O2. The Balaban J connectivity index is 1.56. The highest BCUT2D eigenvalue weighted by Crippen LogP contribution is 2.40. The minimum atomic E-state index is 0.329. The van der Waals surface area contributed by atoms with Gasteiger partial charge in [-0.15, -0.1) is 0 Å². The van der Waals surface area contributed by atoms with Gasteiger partial charge < -0.3 is 9.64 Å². The van der Waals surface area contributed by atoms with Crippen molar-refractivity contribution >= 4 is 5.91 Å². The summed E-state index contributed by atoms with van der Waals surface area (Å²) in [6, 6.07) is 0. The van der Waals surface area contributed by atoms with E-state index < -0.39 is 0 Å². The number of piperidine rings is 2. The molecule has 146 valence electrons. The molecule has 3 rings (SSSR count). The monoisotopic (exact) mass is 362 g/mol. The number of hydrogen-bond donors (Lipinski definition) is 0. The second kappa shape index (κ2) is 8.09. The molecule has 0 aliphatic carbocycles. The average molecular weight is 363 g/mol. The average Bonchev–Trinajstić information content (AvgIpc) is 2.86. The first-order chi connectivity index (χ1) is 12.4. The quantitative estimate of drug-likeness (QED) is 0.729. The van der Waals surface area contributed by atoms with E-state index >= 15 is 0 Å². The van der Waals surface area contributed by atoms with Crippen LogP contribution in [0.1, 0.15) is 49.1 Å². The molecule has 0 bridgehead atoms. The highest BCUT2D eigenvalue weighted by atomic mass is 16.5. The summed E-state index contributed by atoms with van der Waals surface area (Å²) in [4.78, 5) is 16.9. The molecule has 1 aromatic rings. The number of amides is 1. The summed E-state index contributed by atoms with van der Waals surface area (Å²) >= 11 is 0. The van der Waals surface area contributed by atoms with Gasteiger partial charge in [0.15, 0.2) is 0 Å². The van der Waals surface area contributed by atoms with Crippen LogP contribution in [0.15, 0.2) is 0 Å². The predicted octanol–water partition coefficient (Wildman–Crippen LogP) is 2.28. The van der Waals surface area contributed by atoms with Gasteiger partial charge in [-0.2, -0.15) is 5.10 Å². The van der Waals surface area contributed by atoms with Crippen molar-refractivity contribution in [3.63, 3.8) is 0 Å². The number of aromatic nitrogens is 2. The van der Waals surface area contributed by atoms with E-state index in [0.29, 0.717) is 17.7 Å². The second-order valence-corrected chi connectivity index (χ2v) is 8.21. The fourth-order valence-electron chi connectivity index (χ4n) is 4.57. The van der Waals surface area contributed by atoms with Gasteiger partial charge in [0.05, 0.1) is 5.69 Å². The van der Waals surface area contributed by atoms with Crippen LogP contribution in [0, 0.1) is 19.3 Å². The molecule has 2 aliphatic heterocycles. The van der Waals surface area contributed by atoms with Crippen LogP contribution < -0.4 is 0 Å². The van der Waals surface area contributed by atoms with Gasteiger partial charge in [-0.05, 0) is 58.0 Å². The van der Waals surface area contributed by atoms with Crippen LogP contribution in [0.4, 0.5) is 0 Å². The highest BCUT2D eigenvalue weighted by Gasteiger charge is 2.40. The summed E-state index contributed by atoms with van der Waals surface area (Å²) in [5.74, 6) is 0.329. The van der Waals surface area contributed by atoms with Gasteiger partial charge in [0.1, 0.15) is 0 Å². The highest BCUT2D eigenvalue weighted by molar-refractivity contribution is 5.77. The zero-order valence-corrected chi connectivity index (χ0v) is 16.9. The molecule has 2 aliphatic rings. The van der Waals surface area contributed by atoms with Gasteiger partial charge in [-0.25, -0.2) is 0 Å². The Labute approximate surface area is 157 Å². The van der Waals surface area contributed by atoms with Crippen molar-refractivity contribution in [3.05, 3.63) is 17.0 Å². The summed E-state index contributed by atoms with van der Waals surface area (Å²) in [7, 11) is 3.75. The fraction of sp³-hybridized carbons (Fsp3) is 0.800. The third-order valence-electron chi connectivity index (χ3n) is 6.48. The Morgan fingerprint density at radius 1 is 1.19 bits per heavy atom. The van der Waals surface area contributed by atoms with Crippen molar-refractivity contribution in [2.45, 2.75) is 52.5 Å². The van der Waals surface area contributed by atoms with E-state index in [4.69, 9.17) is 4.74 Å². The molecule has 0 atom stereocenters. The molecule has 1 amide bonds. The first kappa shape index (κ1) is 19.4. The molecule has 3 heterocycles. The van der Waals surface area contributed by atoms with Gasteiger partial charge in [-0.1, -0.05) is 0 Å². The number of methoxy groups -OCH3 is 1. The number of nitrogens with zero attached hydrogens (tertiary/aromatic N) is 4. The van der Waals surface area contributed by atoms with Crippen LogP contribution in [-0.4, -0.2) is 65.4 Å². The minimum absolute atomic E-state index is 0.329. The lowest BCUT2D eigenvalue weighted by atomic mass is 9.72. The molecule has 0 radical (unpaired) electrons. The van der Waals surface area contributed by atoms with Gasteiger partial charge in [-0.3, -0.25) is 14.4 Å². The van der Waals surface area contributed by atoms with E-state index in [2.05, 4.69) is 28.7 Å². The van der Waals surface area contributed by atoms with Gasteiger partial charge >= 0.3 is 0 Å². The summed E-state index contributed by atoms with van der Waals surface area (Å²) in [6.07, 6.45) is 5.10. The van der Waals surface area contributed by atoms with Crippen LogP contribution in [0.2, 0.25) is 0 Å². The van der Waals surface area contributed by atoms with E-state index in [0.717, 1.165) is 57.9 Å². The van der Waals surface area contributed by atoms with Crippen LogP contribution in [0.5, 0.6) is 0 Å². The van der Waals surface area contributed by atoms with Gasteiger partial charge in [0, 0.05) is 58.1 Å². The van der Waals surface area contributed by atoms with Gasteiger partial charge in [0.2, 0.25) is 5.91 Å². The van der Waals surface area contributed by atoms with Crippen molar-refractivity contribution in [1.82, 2.24) is 19.6 Å². The lowest BCUT2D eigenvalue weighted by Crippen LogP contribution is -2.51. The summed E-state index contributed by atoms with van der Waals surface area (Å²) in [6.45, 7) is 10.0. The Morgan fingerprint density at radius 3 is 2.54 bits per heavy atom. The smallest absolute Gasteiger partial charge is 0.222 e. The Morgan fingerprint density at radius 2 is 1.92 bits per heavy atom. The number of hydrogen-bond acceptors (Lipinski definition) is 4. The molecule has 26 heavy (non-hydrogen) atoms. The van der Waals surface area contributed by atoms with Crippen LogP contribution >= 0.6 is 0 Å². The Hall–Kier alpha value is -1.40. The lowest BCUT2D eigenvalue weighted by molar-refractivity contribution is -0.139. The number of aryl methyl sites for hydroxylation is 2. The molecule has 1 spiro atoms. The number of rotatable bonds is 6. The maximum absolute atomic E-state index is 12.3. The number of likely N-dealkylation sites (tertiary alicyclic amines) is 2. The molecule has 0 aromatic carbocycles. The molecule has 0 N–H and O–H groups in total. The number of ether oxygens (including phenoxy) is 1. The fourth-order valence-corrected chi connectivity index (χ4v) is 4.57. The molecule has 1 aromatic heterocycles. The summed E-state index contributed by atoms with van der Waals surface area (Å²) in [5.41, 5.74) is 4.13. The molecular weight excluding hydrogens is 328 g/mol. The van der Waals surface area contributed by atoms with E-state index in [1.165, 1.54) is 24.1 Å². The van der Waals surface area contributed by atoms with Crippen molar-refractivity contribution < 1.29 is 9.53 Å². The van der Waals surface area contributed by atoms with Crippen molar-refractivity contribution in [1.29, 1.82) is 0 Å². The van der Waals surface area contributed by atoms with Crippen LogP contribution in [0.25, 0.3) is 0 Å². The predicted molar refractivity (Wildman–Crippen MR) is 102 cm³/mol. The van der Waals surface area contributed by atoms with Gasteiger partial charge in [0.25, 0.3) is 0 Å². The molecule has 2 fully saturated rings. The van der Waals surface area contributed by atoms with Crippen LogP contribution in [0.3, 0.4) is 0 Å².